The van der Waals surface area contributed by atoms with E-state index in [1.54, 1.807) is 11.7 Å². The number of nitrogen functional groups attached to an aromatic ring is 1. The lowest BCUT2D eigenvalue weighted by molar-refractivity contribution is 0.568. The van der Waals surface area contributed by atoms with E-state index in [0.29, 0.717) is 11.6 Å². The van der Waals surface area contributed by atoms with Crippen molar-refractivity contribution in [3.63, 3.8) is 0 Å². The molecule has 0 saturated heterocycles. The van der Waals surface area contributed by atoms with Gasteiger partial charge in [-0.15, -0.1) is 11.3 Å². The third-order valence-corrected chi connectivity index (χ3v) is 3.06. The van der Waals surface area contributed by atoms with Gasteiger partial charge in [0.1, 0.15) is 5.82 Å². The Hall–Kier alpha value is -1.53. The average molecular weight is 249 g/mol. The summed E-state index contributed by atoms with van der Waals surface area (Å²) in [6, 6.07) is 1.87. The maximum absolute atomic E-state index is 5.43. The van der Waals surface area contributed by atoms with Crippen LogP contribution in [0.15, 0.2) is 17.8 Å². The molecular weight excluding hydrogens is 234 g/mol. The lowest BCUT2D eigenvalue weighted by Crippen LogP contribution is -2.17. The summed E-state index contributed by atoms with van der Waals surface area (Å²) in [5, 5.41) is 0. The molecule has 0 radical (unpaired) electrons. The summed E-state index contributed by atoms with van der Waals surface area (Å²) in [7, 11) is 0. The lowest BCUT2D eigenvalue weighted by Gasteiger charge is -2.18. The summed E-state index contributed by atoms with van der Waals surface area (Å²) in [5.74, 6) is 6.71. The van der Waals surface area contributed by atoms with Crippen molar-refractivity contribution in [1.29, 1.82) is 0 Å². The molecule has 0 unspecified atom stereocenters. The molecule has 90 valence electrons. The molecule has 0 aliphatic carbocycles. The first-order valence-corrected chi connectivity index (χ1v) is 6.14. The molecule has 17 heavy (non-hydrogen) atoms. The second-order valence-electron chi connectivity index (χ2n) is 4.72. The van der Waals surface area contributed by atoms with Gasteiger partial charge in [-0.2, -0.15) is 0 Å². The summed E-state index contributed by atoms with van der Waals surface area (Å²) >= 11 is 1.51. The van der Waals surface area contributed by atoms with Gasteiger partial charge in [0.05, 0.1) is 16.1 Å². The van der Waals surface area contributed by atoms with Crippen molar-refractivity contribution in [2.45, 2.75) is 26.2 Å². The van der Waals surface area contributed by atoms with Crippen LogP contribution in [0.5, 0.6) is 0 Å². The first kappa shape index (κ1) is 11.9. The number of nitrogens with two attached hydrogens (primary N) is 1. The van der Waals surface area contributed by atoms with Crippen molar-refractivity contribution in [3.8, 4) is 10.7 Å². The Bertz CT molecular complexity index is 501. The quantitative estimate of drug-likeness (QED) is 0.630. The highest BCUT2D eigenvalue weighted by Crippen LogP contribution is 2.26. The van der Waals surface area contributed by atoms with E-state index in [0.717, 1.165) is 10.6 Å². The van der Waals surface area contributed by atoms with Crippen LogP contribution in [0, 0.1) is 0 Å². The molecule has 0 fully saturated rings. The van der Waals surface area contributed by atoms with Crippen molar-refractivity contribution in [1.82, 2.24) is 15.0 Å². The van der Waals surface area contributed by atoms with Crippen LogP contribution < -0.4 is 11.3 Å². The molecule has 3 N–H and O–H groups in total. The molecule has 0 aliphatic heterocycles. The van der Waals surface area contributed by atoms with Crippen LogP contribution in [0.1, 0.15) is 26.5 Å². The molecule has 0 atom stereocenters. The molecule has 0 spiro atoms. The Morgan fingerprint density at radius 3 is 2.59 bits per heavy atom. The largest absolute Gasteiger partial charge is 0.308 e. The highest BCUT2D eigenvalue weighted by atomic mass is 32.1. The smallest absolute Gasteiger partial charge is 0.173 e. The Labute approximate surface area is 104 Å². The van der Waals surface area contributed by atoms with Gasteiger partial charge in [0.15, 0.2) is 5.82 Å². The lowest BCUT2D eigenvalue weighted by atomic mass is 9.92. The molecule has 0 amide bonds. The molecular formula is C11H15N5S. The van der Waals surface area contributed by atoms with Gasteiger partial charge in [-0.1, -0.05) is 20.8 Å². The molecule has 2 rings (SSSR count). The normalized spacial score (nSPS) is 11.5. The van der Waals surface area contributed by atoms with E-state index in [9.17, 15) is 0 Å². The molecule has 2 aromatic rings. The number of aromatic nitrogens is 3. The van der Waals surface area contributed by atoms with E-state index in [1.807, 2.05) is 6.07 Å². The van der Waals surface area contributed by atoms with Gasteiger partial charge in [-0.25, -0.2) is 15.8 Å². The van der Waals surface area contributed by atoms with Crippen molar-refractivity contribution >= 4 is 17.2 Å². The standard InChI is InChI=1S/C11H15N5S/c1-11(2,3)8-4-9(16-12)15-10(14-8)7-5-13-6-17-7/h4-6H,12H2,1-3H3,(H,14,15,16). The van der Waals surface area contributed by atoms with Gasteiger partial charge < -0.3 is 5.43 Å². The molecule has 0 bridgehead atoms. The summed E-state index contributed by atoms with van der Waals surface area (Å²) in [4.78, 5) is 13.9. The second kappa shape index (κ2) is 4.38. The number of thiazole rings is 1. The number of hydrazine groups is 1. The average Bonchev–Trinajstić information content (AvgIpc) is 2.80. The number of nitrogens with one attached hydrogen (secondary N) is 1. The third-order valence-electron chi connectivity index (χ3n) is 2.30. The molecule has 2 heterocycles. The summed E-state index contributed by atoms with van der Waals surface area (Å²) in [6.45, 7) is 6.31. The van der Waals surface area contributed by atoms with Gasteiger partial charge in [0, 0.05) is 17.7 Å². The molecule has 6 heteroatoms. The van der Waals surface area contributed by atoms with Crippen LogP contribution in [0.3, 0.4) is 0 Å². The van der Waals surface area contributed by atoms with E-state index in [4.69, 9.17) is 5.84 Å². The van der Waals surface area contributed by atoms with Crippen LogP contribution in [0.4, 0.5) is 5.82 Å². The maximum atomic E-state index is 5.43. The second-order valence-corrected chi connectivity index (χ2v) is 5.61. The van der Waals surface area contributed by atoms with Gasteiger partial charge in [0.25, 0.3) is 0 Å². The van der Waals surface area contributed by atoms with Crippen LogP contribution in [-0.4, -0.2) is 15.0 Å². The number of nitrogens with zero attached hydrogens (tertiary/aromatic N) is 3. The SMILES string of the molecule is CC(C)(C)c1cc(NN)nc(-c2cncs2)n1. The van der Waals surface area contributed by atoms with Crippen LogP contribution in [0.2, 0.25) is 0 Å². The van der Waals surface area contributed by atoms with Crippen LogP contribution >= 0.6 is 11.3 Å². The molecule has 0 aromatic carbocycles. The van der Waals surface area contributed by atoms with Crippen molar-refractivity contribution in [3.05, 3.63) is 23.5 Å². The zero-order valence-electron chi connectivity index (χ0n) is 10.1. The highest BCUT2D eigenvalue weighted by Gasteiger charge is 2.18. The predicted molar refractivity (Wildman–Crippen MR) is 69.7 cm³/mol. The number of anilines is 1. The van der Waals surface area contributed by atoms with Crippen molar-refractivity contribution in [2.75, 3.05) is 5.43 Å². The Morgan fingerprint density at radius 1 is 1.29 bits per heavy atom. The van der Waals surface area contributed by atoms with Crippen molar-refractivity contribution in [2.24, 2.45) is 5.84 Å². The Morgan fingerprint density at radius 2 is 2.06 bits per heavy atom. The van der Waals surface area contributed by atoms with Gasteiger partial charge in [-0.3, -0.25) is 4.98 Å². The van der Waals surface area contributed by atoms with Gasteiger partial charge in [0.2, 0.25) is 0 Å². The fourth-order valence-corrected chi connectivity index (χ4v) is 1.90. The monoisotopic (exact) mass is 249 g/mol. The molecule has 2 aromatic heterocycles. The zero-order valence-corrected chi connectivity index (χ0v) is 10.9. The van der Waals surface area contributed by atoms with E-state index in [2.05, 4.69) is 41.1 Å². The van der Waals surface area contributed by atoms with Gasteiger partial charge in [-0.05, 0) is 0 Å². The Balaban J connectivity index is 2.54. The van der Waals surface area contributed by atoms with Crippen LogP contribution in [-0.2, 0) is 5.41 Å². The Kier molecular flexibility index (Phi) is 3.08. The molecule has 0 aliphatic rings. The molecule has 5 nitrogen and oxygen atoms in total. The first-order valence-electron chi connectivity index (χ1n) is 5.26. The minimum absolute atomic E-state index is 0.0476. The fourth-order valence-electron chi connectivity index (χ4n) is 1.34. The summed E-state index contributed by atoms with van der Waals surface area (Å²) in [6.07, 6.45) is 1.76. The van der Waals surface area contributed by atoms with E-state index in [-0.39, 0.29) is 5.41 Å². The predicted octanol–water partition coefficient (Wildman–Crippen LogP) is 2.18. The van der Waals surface area contributed by atoms with Gasteiger partial charge >= 0.3 is 0 Å². The van der Waals surface area contributed by atoms with Crippen molar-refractivity contribution < 1.29 is 0 Å². The van der Waals surface area contributed by atoms with Crippen LogP contribution in [0.25, 0.3) is 10.7 Å². The number of hydrogen-bond donors (Lipinski definition) is 2. The van der Waals surface area contributed by atoms with E-state index in [1.165, 1.54) is 11.3 Å². The minimum Gasteiger partial charge on any atom is -0.308 e. The van der Waals surface area contributed by atoms with E-state index < -0.39 is 0 Å². The number of hydrogen-bond acceptors (Lipinski definition) is 6. The summed E-state index contributed by atoms with van der Waals surface area (Å²) < 4.78 is 0. The third kappa shape index (κ3) is 2.59. The maximum Gasteiger partial charge on any atom is 0.173 e. The van der Waals surface area contributed by atoms with E-state index >= 15 is 0 Å². The first-order chi connectivity index (χ1) is 8.00. The summed E-state index contributed by atoms with van der Waals surface area (Å²) in [5.41, 5.74) is 5.24. The highest BCUT2D eigenvalue weighted by molar-refractivity contribution is 7.13. The minimum atomic E-state index is -0.0476. The fraction of sp³-hybridized carbons (Fsp3) is 0.364. The topological polar surface area (TPSA) is 76.7 Å². The zero-order chi connectivity index (χ0) is 12.5. The number of rotatable bonds is 2. The molecule has 0 saturated carbocycles.